The smallest absolute Gasteiger partial charge is 0.319 e. The Morgan fingerprint density at radius 1 is 0.880 bits per heavy atom. The zero-order valence-electron chi connectivity index (χ0n) is 14.6. The van der Waals surface area contributed by atoms with Crippen LogP contribution in [0, 0.1) is 0 Å². The van der Waals surface area contributed by atoms with Gasteiger partial charge in [-0.2, -0.15) is 0 Å². The lowest BCUT2D eigenvalue weighted by atomic mass is 10.1. The standard InChI is InChI=1S/C21H23N3O/c1-24(2)15-17-7-5-6-16(12-17)14-22-21(25)23-20-11-10-18-8-3-4-9-19(18)13-20/h3-13H,14-15H2,1-2H3,(H2,22,23,25). The van der Waals surface area contributed by atoms with E-state index in [2.05, 4.69) is 33.7 Å². The first-order valence-electron chi connectivity index (χ1n) is 8.36. The minimum Gasteiger partial charge on any atom is -0.334 e. The molecule has 25 heavy (non-hydrogen) atoms. The van der Waals surface area contributed by atoms with Crippen molar-refractivity contribution in [3.8, 4) is 0 Å². The van der Waals surface area contributed by atoms with E-state index in [-0.39, 0.29) is 6.03 Å². The van der Waals surface area contributed by atoms with Gasteiger partial charge in [0.05, 0.1) is 0 Å². The Hall–Kier alpha value is -2.85. The van der Waals surface area contributed by atoms with E-state index < -0.39 is 0 Å². The first kappa shape index (κ1) is 17.0. The first-order chi connectivity index (χ1) is 12.1. The predicted octanol–water partition coefficient (Wildman–Crippen LogP) is 4.22. The molecule has 128 valence electrons. The largest absolute Gasteiger partial charge is 0.334 e. The van der Waals surface area contributed by atoms with Crippen LogP contribution in [-0.4, -0.2) is 25.0 Å². The second kappa shape index (κ2) is 7.81. The van der Waals surface area contributed by atoms with Crippen LogP contribution in [0.4, 0.5) is 10.5 Å². The molecule has 2 N–H and O–H groups in total. The first-order valence-corrected chi connectivity index (χ1v) is 8.36. The highest BCUT2D eigenvalue weighted by molar-refractivity contribution is 5.93. The number of amides is 2. The summed E-state index contributed by atoms with van der Waals surface area (Å²) in [6.45, 7) is 1.39. The molecule has 0 aromatic heterocycles. The molecule has 0 spiro atoms. The van der Waals surface area contributed by atoms with Crippen LogP contribution in [0.15, 0.2) is 66.7 Å². The molecule has 3 aromatic carbocycles. The van der Waals surface area contributed by atoms with Crippen LogP contribution in [-0.2, 0) is 13.1 Å². The van der Waals surface area contributed by atoms with Crippen molar-refractivity contribution in [3.05, 3.63) is 77.9 Å². The molecule has 0 heterocycles. The van der Waals surface area contributed by atoms with E-state index in [0.29, 0.717) is 6.54 Å². The third-order valence-electron chi connectivity index (χ3n) is 3.95. The number of hydrogen-bond acceptors (Lipinski definition) is 2. The summed E-state index contributed by atoms with van der Waals surface area (Å²) in [6, 6.07) is 22.1. The Balaban J connectivity index is 1.58. The van der Waals surface area contributed by atoms with Gasteiger partial charge in [-0.05, 0) is 48.1 Å². The maximum absolute atomic E-state index is 12.2. The zero-order chi connectivity index (χ0) is 17.6. The van der Waals surface area contributed by atoms with Crippen molar-refractivity contribution in [2.24, 2.45) is 0 Å². The molecule has 3 aromatic rings. The van der Waals surface area contributed by atoms with Crippen molar-refractivity contribution in [1.82, 2.24) is 10.2 Å². The number of fused-ring (bicyclic) bond motifs is 1. The summed E-state index contributed by atoms with van der Waals surface area (Å²) in [7, 11) is 4.09. The molecule has 0 fully saturated rings. The number of rotatable bonds is 5. The molecule has 0 atom stereocenters. The summed E-state index contributed by atoms with van der Waals surface area (Å²) < 4.78 is 0. The quantitative estimate of drug-likeness (QED) is 0.734. The fourth-order valence-electron chi connectivity index (χ4n) is 2.83. The van der Waals surface area contributed by atoms with Crippen molar-refractivity contribution in [3.63, 3.8) is 0 Å². The molecular formula is C21H23N3O. The lowest BCUT2D eigenvalue weighted by Crippen LogP contribution is -2.28. The monoisotopic (exact) mass is 333 g/mol. The summed E-state index contributed by atoms with van der Waals surface area (Å²) >= 11 is 0. The second-order valence-electron chi connectivity index (χ2n) is 6.43. The van der Waals surface area contributed by atoms with E-state index in [4.69, 9.17) is 0 Å². The summed E-state index contributed by atoms with van der Waals surface area (Å²) in [5.74, 6) is 0. The molecule has 3 rings (SSSR count). The van der Waals surface area contributed by atoms with E-state index >= 15 is 0 Å². The lowest BCUT2D eigenvalue weighted by Gasteiger charge is -2.12. The maximum Gasteiger partial charge on any atom is 0.319 e. The van der Waals surface area contributed by atoms with Crippen molar-refractivity contribution in [1.29, 1.82) is 0 Å². The summed E-state index contributed by atoms with van der Waals surface area (Å²) in [4.78, 5) is 14.3. The van der Waals surface area contributed by atoms with Crippen molar-refractivity contribution < 1.29 is 4.79 Å². The Bertz CT molecular complexity index is 874. The van der Waals surface area contributed by atoms with Gasteiger partial charge in [-0.1, -0.05) is 54.6 Å². The summed E-state index contributed by atoms with van der Waals surface area (Å²) in [5.41, 5.74) is 3.12. The third-order valence-corrected chi connectivity index (χ3v) is 3.95. The number of nitrogens with one attached hydrogen (secondary N) is 2. The fourth-order valence-corrected chi connectivity index (χ4v) is 2.83. The minimum absolute atomic E-state index is 0.201. The van der Waals surface area contributed by atoms with Crippen LogP contribution < -0.4 is 10.6 Å². The summed E-state index contributed by atoms with van der Waals surface area (Å²) in [5, 5.41) is 8.07. The van der Waals surface area contributed by atoms with Gasteiger partial charge in [0.2, 0.25) is 0 Å². The SMILES string of the molecule is CN(C)Cc1cccc(CNC(=O)Nc2ccc3ccccc3c2)c1. The third kappa shape index (κ3) is 4.81. The number of benzene rings is 3. The van der Waals surface area contributed by atoms with Gasteiger partial charge in [-0.15, -0.1) is 0 Å². The molecule has 4 heteroatoms. The Labute approximate surface area is 148 Å². The summed E-state index contributed by atoms with van der Waals surface area (Å²) in [6.07, 6.45) is 0. The molecule has 0 unspecified atom stereocenters. The van der Waals surface area contributed by atoms with Crippen LogP contribution in [0.5, 0.6) is 0 Å². The molecular weight excluding hydrogens is 310 g/mol. The minimum atomic E-state index is -0.201. The van der Waals surface area contributed by atoms with E-state index in [0.717, 1.165) is 28.6 Å². The maximum atomic E-state index is 12.2. The van der Waals surface area contributed by atoms with Gasteiger partial charge in [-0.3, -0.25) is 0 Å². The van der Waals surface area contributed by atoms with Crippen LogP contribution in [0.2, 0.25) is 0 Å². The average molecular weight is 333 g/mol. The van der Waals surface area contributed by atoms with Crippen molar-refractivity contribution in [2.45, 2.75) is 13.1 Å². The molecule has 0 saturated heterocycles. The van der Waals surface area contributed by atoms with Crippen LogP contribution >= 0.6 is 0 Å². The predicted molar refractivity (Wildman–Crippen MR) is 104 cm³/mol. The normalized spacial score (nSPS) is 10.8. The number of urea groups is 1. The Morgan fingerprint density at radius 3 is 2.44 bits per heavy atom. The zero-order valence-corrected chi connectivity index (χ0v) is 14.6. The Kier molecular flexibility index (Phi) is 5.31. The second-order valence-corrected chi connectivity index (χ2v) is 6.43. The van der Waals surface area contributed by atoms with Crippen molar-refractivity contribution in [2.75, 3.05) is 19.4 Å². The molecule has 0 aliphatic heterocycles. The van der Waals surface area contributed by atoms with Gasteiger partial charge in [0.25, 0.3) is 0 Å². The lowest BCUT2D eigenvalue weighted by molar-refractivity contribution is 0.251. The van der Waals surface area contributed by atoms with Gasteiger partial charge in [-0.25, -0.2) is 4.79 Å². The Morgan fingerprint density at radius 2 is 1.64 bits per heavy atom. The number of carbonyl (C=O) groups excluding carboxylic acids is 1. The van der Waals surface area contributed by atoms with Crippen molar-refractivity contribution >= 4 is 22.5 Å². The number of hydrogen-bond donors (Lipinski definition) is 2. The molecule has 2 amide bonds. The van der Waals surface area contributed by atoms with Crippen LogP contribution in [0.25, 0.3) is 10.8 Å². The van der Waals surface area contributed by atoms with E-state index in [1.54, 1.807) is 0 Å². The molecule has 4 nitrogen and oxygen atoms in total. The van der Waals surface area contributed by atoms with Gasteiger partial charge < -0.3 is 15.5 Å². The van der Waals surface area contributed by atoms with Gasteiger partial charge in [0.1, 0.15) is 0 Å². The van der Waals surface area contributed by atoms with E-state index in [9.17, 15) is 4.79 Å². The topological polar surface area (TPSA) is 44.4 Å². The molecule has 0 saturated carbocycles. The van der Waals surface area contributed by atoms with Crippen LogP contribution in [0.1, 0.15) is 11.1 Å². The molecule has 0 radical (unpaired) electrons. The molecule has 0 aliphatic carbocycles. The number of anilines is 1. The van der Waals surface area contributed by atoms with Gasteiger partial charge >= 0.3 is 6.03 Å². The highest BCUT2D eigenvalue weighted by Crippen LogP contribution is 2.18. The van der Waals surface area contributed by atoms with Gasteiger partial charge in [0.15, 0.2) is 0 Å². The van der Waals surface area contributed by atoms with E-state index in [1.807, 2.05) is 62.6 Å². The fraction of sp³-hybridized carbons (Fsp3) is 0.190. The average Bonchev–Trinajstić information content (AvgIpc) is 2.60. The molecule has 0 aliphatic rings. The van der Waals surface area contributed by atoms with E-state index in [1.165, 1.54) is 5.56 Å². The van der Waals surface area contributed by atoms with Gasteiger partial charge in [0, 0.05) is 18.8 Å². The number of carbonyl (C=O) groups is 1. The van der Waals surface area contributed by atoms with Crippen LogP contribution in [0.3, 0.4) is 0 Å². The molecule has 0 bridgehead atoms. The highest BCUT2D eigenvalue weighted by Gasteiger charge is 2.04. The highest BCUT2D eigenvalue weighted by atomic mass is 16.2. The number of nitrogens with zero attached hydrogens (tertiary/aromatic N) is 1.